The number of piperidine rings is 1. The minimum absolute atomic E-state index is 0.0148. The summed E-state index contributed by atoms with van der Waals surface area (Å²) in [7, 11) is 0. The molecule has 1 fully saturated rings. The number of hydrogen-bond acceptors (Lipinski definition) is 4. The predicted molar refractivity (Wildman–Crippen MR) is 76.5 cm³/mol. The second kappa shape index (κ2) is 8.25. The molecular weight excluding hydrogens is 258 g/mol. The highest BCUT2D eigenvalue weighted by molar-refractivity contribution is 5.76. The summed E-state index contributed by atoms with van der Waals surface area (Å²) in [6.07, 6.45) is 5.06. The normalized spacial score (nSPS) is 22.0. The number of carboxylic acids is 1. The molecule has 5 nitrogen and oxygen atoms in total. The lowest BCUT2D eigenvalue weighted by Gasteiger charge is -2.39. The van der Waals surface area contributed by atoms with Gasteiger partial charge in [-0.3, -0.25) is 9.59 Å². The van der Waals surface area contributed by atoms with Crippen LogP contribution in [0.5, 0.6) is 0 Å². The van der Waals surface area contributed by atoms with Crippen LogP contribution in [0.4, 0.5) is 0 Å². The number of esters is 1. The number of hydrogen-bond donors (Lipinski definition) is 2. The van der Waals surface area contributed by atoms with E-state index in [1.807, 2.05) is 6.92 Å². The summed E-state index contributed by atoms with van der Waals surface area (Å²) >= 11 is 0. The molecule has 5 heteroatoms. The van der Waals surface area contributed by atoms with E-state index < -0.39 is 11.4 Å². The zero-order valence-electron chi connectivity index (χ0n) is 12.6. The molecule has 1 aliphatic heterocycles. The van der Waals surface area contributed by atoms with Crippen molar-refractivity contribution in [1.82, 2.24) is 5.32 Å². The largest absolute Gasteiger partial charge is 0.481 e. The third-order valence-electron chi connectivity index (χ3n) is 4.34. The van der Waals surface area contributed by atoms with Gasteiger partial charge in [-0.25, -0.2) is 0 Å². The molecule has 0 amide bonds. The van der Waals surface area contributed by atoms with Crippen molar-refractivity contribution in [1.29, 1.82) is 0 Å². The van der Waals surface area contributed by atoms with Crippen molar-refractivity contribution in [3.8, 4) is 0 Å². The third kappa shape index (κ3) is 4.20. The van der Waals surface area contributed by atoms with Crippen molar-refractivity contribution in [2.45, 2.75) is 64.8 Å². The van der Waals surface area contributed by atoms with Gasteiger partial charge in [0.15, 0.2) is 0 Å². The monoisotopic (exact) mass is 285 g/mol. The lowest BCUT2D eigenvalue weighted by atomic mass is 9.71. The van der Waals surface area contributed by atoms with Gasteiger partial charge in [-0.1, -0.05) is 13.3 Å². The highest BCUT2D eigenvalue weighted by atomic mass is 16.5. The average molecular weight is 285 g/mol. The number of aliphatic carboxylic acids is 1. The number of carbonyl (C=O) groups is 2. The lowest BCUT2D eigenvalue weighted by Crippen LogP contribution is -2.52. The SMILES string of the molecule is CCOC(=O)CCCC(CC)(C(=O)O)C1CCCCN1. The molecule has 1 heterocycles. The molecule has 0 spiro atoms. The number of nitrogens with one attached hydrogen (secondary N) is 1. The van der Waals surface area contributed by atoms with Crippen LogP contribution in [0, 0.1) is 5.41 Å². The molecule has 1 aliphatic rings. The number of rotatable bonds is 8. The molecule has 0 aliphatic carbocycles. The zero-order chi connectivity index (χ0) is 15.0. The standard InChI is InChI=1S/C15H27NO4/c1-3-15(14(18)19,12-8-5-6-11-16-12)10-7-9-13(17)20-4-2/h12,16H,3-11H2,1-2H3,(H,18,19). The first-order valence-electron chi connectivity index (χ1n) is 7.69. The van der Waals surface area contributed by atoms with E-state index in [0.717, 1.165) is 25.8 Å². The van der Waals surface area contributed by atoms with Gasteiger partial charge in [0.1, 0.15) is 0 Å². The minimum Gasteiger partial charge on any atom is -0.481 e. The van der Waals surface area contributed by atoms with Gasteiger partial charge in [0.2, 0.25) is 0 Å². The van der Waals surface area contributed by atoms with E-state index in [0.29, 0.717) is 32.3 Å². The maximum atomic E-state index is 11.8. The molecule has 1 rings (SSSR count). The molecule has 0 radical (unpaired) electrons. The average Bonchev–Trinajstić information content (AvgIpc) is 2.45. The number of carbonyl (C=O) groups excluding carboxylic acids is 1. The second-order valence-corrected chi connectivity index (χ2v) is 5.48. The summed E-state index contributed by atoms with van der Waals surface area (Å²) in [6, 6.07) is 0.0148. The van der Waals surface area contributed by atoms with Gasteiger partial charge in [-0.15, -0.1) is 0 Å². The second-order valence-electron chi connectivity index (χ2n) is 5.48. The van der Waals surface area contributed by atoms with E-state index in [4.69, 9.17) is 4.74 Å². The molecule has 2 unspecified atom stereocenters. The van der Waals surface area contributed by atoms with Crippen LogP contribution in [0.25, 0.3) is 0 Å². The quantitative estimate of drug-likeness (QED) is 0.669. The van der Waals surface area contributed by atoms with Crippen molar-refractivity contribution in [2.24, 2.45) is 5.41 Å². The van der Waals surface area contributed by atoms with E-state index in [-0.39, 0.29) is 12.0 Å². The predicted octanol–water partition coefficient (Wildman–Crippen LogP) is 2.34. The molecule has 0 aromatic rings. The Hall–Kier alpha value is -1.10. The summed E-state index contributed by atoms with van der Waals surface area (Å²) in [4.78, 5) is 23.2. The first kappa shape index (κ1) is 17.0. The van der Waals surface area contributed by atoms with E-state index in [1.54, 1.807) is 6.92 Å². The maximum Gasteiger partial charge on any atom is 0.311 e. The molecule has 20 heavy (non-hydrogen) atoms. The van der Waals surface area contributed by atoms with Gasteiger partial charge in [0.05, 0.1) is 12.0 Å². The Morgan fingerprint density at radius 3 is 2.60 bits per heavy atom. The summed E-state index contributed by atoms with van der Waals surface area (Å²) in [5, 5.41) is 13.0. The fraction of sp³-hybridized carbons (Fsp3) is 0.867. The van der Waals surface area contributed by atoms with Crippen molar-refractivity contribution < 1.29 is 19.4 Å². The van der Waals surface area contributed by atoms with Crippen LogP contribution >= 0.6 is 0 Å². The van der Waals surface area contributed by atoms with E-state index in [1.165, 1.54) is 0 Å². The highest BCUT2D eigenvalue weighted by Crippen LogP contribution is 2.36. The van der Waals surface area contributed by atoms with Crippen molar-refractivity contribution in [3.05, 3.63) is 0 Å². The Morgan fingerprint density at radius 1 is 1.35 bits per heavy atom. The summed E-state index contributed by atoms with van der Waals surface area (Å²) in [6.45, 7) is 4.96. The van der Waals surface area contributed by atoms with Gasteiger partial charge < -0.3 is 15.2 Å². The van der Waals surface area contributed by atoms with Crippen LogP contribution < -0.4 is 5.32 Å². The Labute approximate surface area is 121 Å². The van der Waals surface area contributed by atoms with Crippen LogP contribution in [0.3, 0.4) is 0 Å². The van der Waals surface area contributed by atoms with Crippen LogP contribution in [0.2, 0.25) is 0 Å². The number of ether oxygens (including phenoxy) is 1. The van der Waals surface area contributed by atoms with Crippen molar-refractivity contribution >= 4 is 11.9 Å². The van der Waals surface area contributed by atoms with Crippen LogP contribution in [0.15, 0.2) is 0 Å². The smallest absolute Gasteiger partial charge is 0.311 e. The van der Waals surface area contributed by atoms with Crippen LogP contribution in [-0.2, 0) is 14.3 Å². The Kier molecular flexibility index (Phi) is 6.99. The molecule has 2 atom stereocenters. The van der Waals surface area contributed by atoms with E-state index in [2.05, 4.69) is 5.32 Å². The molecule has 2 N–H and O–H groups in total. The molecule has 1 saturated heterocycles. The van der Waals surface area contributed by atoms with Crippen LogP contribution in [0.1, 0.15) is 58.8 Å². The topological polar surface area (TPSA) is 75.6 Å². The van der Waals surface area contributed by atoms with Crippen molar-refractivity contribution in [2.75, 3.05) is 13.2 Å². The Bertz CT molecular complexity index is 326. The van der Waals surface area contributed by atoms with Gasteiger partial charge in [-0.2, -0.15) is 0 Å². The van der Waals surface area contributed by atoms with E-state index >= 15 is 0 Å². The van der Waals surface area contributed by atoms with Gasteiger partial charge in [-0.05, 0) is 45.6 Å². The summed E-state index contributed by atoms with van der Waals surface area (Å²) < 4.78 is 4.89. The minimum atomic E-state index is -0.757. The molecule has 0 aromatic carbocycles. The summed E-state index contributed by atoms with van der Waals surface area (Å²) in [5.41, 5.74) is -0.757. The third-order valence-corrected chi connectivity index (χ3v) is 4.34. The fourth-order valence-electron chi connectivity index (χ4n) is 3.11. The fourth-order valence-corrected chi connectivity index (χ4v) is 3.11. The summed E-state index contributed by atoms with van der Waals surface area (Å²) in [5.74, 6) is -0.984. The maximum absolute atomic E-state index is 11.8. The van der Waals surface area contributed by atoms with Gasteiger partial charge >= 0.3 is 11.9 Å². The highest BCUT2D eigenvalue weighted by Gasteiger charge is 2.44. The van der Waals surface area contributed by atoms with Crippen LogP contribution in [-0.4, -0.2) is 36.2 Å². The Morgan fingerprint density at radius 2 is 2.10 bits per heavy atom. The first-order valence-corrected chi connectivity index (χ1v) is 7.69. The van der Waals surface area contributed by atoms with Gasteiger partial charge in [0, 0.05) is 12.5 Å². The molecule has 0 bridgehead atoms. The molecule has 0 saturated carbocycles. The zero-order valence-corrected chi connectivity index (χ0v) is 12.6. The molecule has 0 aromatic heterocycles. The Balaban J connectivity index is 2.63. The molecular formula is C15H27NO4. The van der Waals surface area contributed by atoms with E-state index in [9.17, 15) is 14.7 Å². The van der Waals surface area contributed by atoms with Crippen molar-refractivity contribution in [3.63, 3.8) is 0 Å². The molecule has 116 valence electrons. The lowest BCUT2D eigenvalue weighted by molar-refractivity contribution is -0.153. The first-order chi connectivity index (χ1) is 9.56. The van der Waals surface area contributed by atoms with Gasteiger partial charge in [0.25, 0.3) is 0 Å². The number of carboxylic acid groups (broad SMARTS) is 1.